The molecule has 1 atom stereocenters. The predicted molar refractivity (Wildman–Crippen MR) is 55.9 cm³/mol. The van der Waals surface area contributed by atoms with Crippen LogP contribution in [-0.2, 0) is 0 Å². The summed E-state index contributed by atoms with van der Waals surface area (Å²) in [5.41, 5.74) is 5.74. The molecule has 11 heavy (non-hydrogen) atoms. The summed E-state index contributed by atoms with van der Waals surface area (Å²) in [6, 6.07) is 0.389. The second-order valence-electron chi connectivity index (χ2n) is 3.00. The summed E-state index contributed by atoms with van der Waals surface area (Å²) in [5.74, 6) is 0.771. The Hall–Kier alpha value is 0.160. The van der Waals surface area contributed by atoms with Crippen molar-refractivity contribution >= 4 is 28.7 Å². The topological polar surface area (TPSA) is 41.6 Å². The first-order valence-electron chi connectivity index (χ1n) is 3.90. The van der Waals surface area contributed by atoms with Gasteiger partial charge in [-0.2, -0.15) is 0 Å². The fraction of sp³-hybridized carbons (Fsp3) is 0.857. The molecule has 0 radical (unpaired) electrons. The smallest absolute Gasteiger partial charge is 0.123 e. The van der Waals surface area contributed by atoms with E-state index in [2.05, 4.69) is 15.2 Å². The minimum atomic E-state index is 0.389. The fourth-order valence-corrected chi connectivity index (χ4v) is 1.83. The Morgan fingerprint density at radius 2 is 2.36 bits per heavy atom. The van der Waals surface area contributed by atoms with Crippen LogP contribution in [0.3, 0.4) is 0 Å². The lowest BCUT2D eigenvalue weighted by molar-refractivity contribution is 0.235. The maximum absolute atomic E-state index is 5.74. The highest BCUT2D eigenvalue weighted by Crippen LogP contribution is 2.15. The number of piperidine rings is 1. The van der Waals surface area contributed by atoms with Gasteiger partial charge in [-0.15, -0.1) is 0 Å². The Morgan fingerprint density at radius 1 is 1.64 bits per heavy atom. The summed E-state index contributed by atoms with van der Waals surface area (Å²) in [4.78, 5) is 2.28. The minimum absolute atomic E-state index is 0.389. The van der Waals surface area contributed by atoms with Gasteiger partial charge in [0.15, 0.2) is 0 Å². The normalized spacial score (nSPS) is 28.9. The largest absolute Gasteiger partial charge is 0.385 e. The average molecular weight is 267 g/mol. The number of likely N-dealkylation sites (N-methyl/N-ethyl adjacent to an activating group) is 1. The van der Waals surface area contributed by atoms with E-state index in [0.29, 0.717) is 6.04 Å². The molecular weight excluding hydrogens is 253 g/mol. The van der Waals surface area contributed by atoms with Gasteiger partial charge in [-0.05, 0) is 26.4 Å². The highest BCUT2D eigenvalue weighted by atomic mass is 127. The molecule has 0 aromatic carbocycles. The molecule has 2 N–H and O–H groups in total. The summed E-state index contributed by atoms with van der Waals surface area (Å²) in [6.45, 7) is 1.15. The Bertz CT molecular complexity index is 158. The van der Waals surface area contributed by atoms with Crippen LogP contribution in [0.2, 0.25) is 0 Å². The standard InChI is InChI=1S/C7H14IN3/c1-11-5-3-2-4-6(11)7(9)10-8/h6H,2-5H2,1H3,(H2,9,10)/t6-/m0/s1. The number of hydrogen-bond acceptors (Lipinski definition) is 2. The van der Waals surface area contributed by atoms with E-state index in [-0.39, 0.29) is 0 Å². The molecule has 1 rings (SSSR count). The van der Waals surface area contributed by atoms with E-state index in [1.165, 1.54) is 12.8 Å². The molecule has 64 valence electrons. The van der Waals surface area contributed by atoms with Crippen molar-refractivity contribution in [2.75, 3.05) is 13.6 Å². The van der Waals surface area contributed by atoms with Crippen molar-refractivity contribution in [2.24, 2.45) is 8.94 Å². The van der Waals surface area contributed by atoms with Crippen molar-refractivity contribution in [2.45, 2.75) is 25.3 Å². The molecule has 1 fully saturated rings. The second kappa shape index (κ2) is 4.25. The van der Waals surface area contributed by atoms with E-state index < -0.39 is 0 Å². The lowest BCUT2D eigenvalue weighted by Gasteiger charge is -2.31. The van der Waals surface area contributed by atoms with E-state index in [9.17, 15) is 0 Å². The number of nitrogens with zero attached hydrogens (tertiary/aromatic N) is 2. The molecule has 1 aliphatic rings. The van der Waals surface area contributed by atoms with Gasteiger partial charge in [-0.3, -0.25) is 4.90 Å². The molecule has 0 aromatic heterocycles. The molecule has 4 heteroatoms. The third-order valence-corrected chi connectivity index (χ3v) is 2.77. The van der Waals surface area contributed by atoms with Crippen molar-refractivity contribution in [3.05, 3.63) is 0 Å². The molecular formula is C7H14IN3. The quantitative estimate of drug-likeness (QED) is 0.440. The van der Waals surface area contributed by atoms with E-state index >= 15 is 0 Å². The third kappa shape index (κ3) is 2.30. The Labute approximate surface area is 81.5 Å². The number of halogens is 1. The molecule has 0 aliphatic carbocycles. The zero-order chi connectivity index (χ0) is 8.27. The second-order valence-corrected chi connectivity index (χ2v) is 3.48. The van der Waals surface area contributed by atoms with Gasteiger partial charge >= 0.3 is 0 Å². The highest BCUT2D eigenvalue weighted by Gasteiger charge is 2.21. The van der Waals surface area contributed by atoms with Crippen LogP contribution in [0, 0.1) is 0 Å². The van der Waals surface area contributed by atoms with Crippen LogP contribution in [0.1, 0.15) is 19.3 Å². The summed E-state index contributed by atoms with van der Waals surface area (Å²) in [5, 5.41) is 0. The van der Waals surface area contributed by atoms with Crippen molar-refractivity contribution < 1.29 is 0 Å². The van der Waals surface area contributed by atoms with Crippen LogP contribution >= 0.6 is 22.9 Å². The predicted octanol–water partition coefficient (Wildman–Crippen LogP) is 1.18. The zero-order valence-corrected chi connectivity index (χ0v) is 8.91. The first-order chi connectivity index (χ1) is 5.25. The molecule has 0 aromatic rings. The van der Waals surface area contributed by atoms with Gasteiger partial charge in [0.1, 0.15) is 5.84 Å². The Balaban J connectivity index is 2.54. The number of likely N-dealkylation sites (tertiary alicyclic amines) is 1. The van der Waals surface area contributed by atoms with E-state index in [0.717, 1.165) is 18.8 Å². The molecule has 0 saturated carbocycles. The van der Waals surface area contributed by atoms with Gasteiger partial charge in [0, 0.05) is 0 Å². The van der Waals surface area contributed by atoms with Gasteiger partial charge in [0.05, 0.1) is 28.9 Å². The molecule has 3 nitrogen and oxygen atoms in total. The SMILES string of the molecule is CN1CCCC[C@H]1/C(N)=N/I. The first-order valence-corrected chi connectivity index (χ1v) is 4.86. The number of nitrogens with two attached hydrogens (primary N) is 1. The number of rotatable bonds is 1. The summed E-state index contributed by atoms with van der Waals surface area (Å²) >= 11 is 1.96. The summed E-state index contributed by atoms with van der Waals surface area (Å²) in [7, 11) is 2.11. The average Bonchev–Trinajstić information content (AvgIpc) is 2.04. The van der Waals surface area contributed by atoms with Gasteiger partial charge in [-0.25, -0.2) is 3.21 Å². The van der Waals surface area contributed by atoms with Crippen LogP contribution in [0.4, 0.5) is 0 Å². The van der Waals surface area contributed by atoms with Crippen LogP contribution in [0.25, 0.3) is 0 Å². The van der Waals surface area contributed by atoms with Crippen molar-refractivity contribution in [3.8, 4) is 0 Å². The number of hydrogen-bond donors (Lipinski definition) is 1. The lowest BCUT2D eigenvalue weighted by atomic mass is 10.0. The van der Waals surface area contributed by atoms with Crippen LogP contribution in [-0.4, -0.2) is 30.4 Å². The monoisotopic (exact) mass is 267 g/mol. The summed E-state index contributed by atoms with van der Waals surface area (Å²) < 4.78 is 3.99. The zero-order valence-electron chi connectivity index (χ0n) is 6.76. The molecule has 0 bridgehead atoms. The van der Waals surface area contributed by atoms with Gasteiger partial charge < -0.3 is 5.73 Å². The van der Waals surface area contributed by atoms with Crippen molar-refractivity contribution in [3.63, 3.8) is 0 Å². The van der Waals surface area contributed by atoms with Crippen molar-refractivity contribution in [1.82, 2.24) is 4.90 Å². The maximum atomic E-state index is 5.74. The van der Waals surface area contributed by atoms with Gasteiger partial charge in [0.25, 0.3) is 0 Å². The first kappa shape index (κ1) is 9.25. The molecule has 1 saturated heterocycles. The van der Waals surface area contributed by atoms with Crippen LogP contribution in [0.5, 0.6) is 0 Å². The fourth-order valence-electron chi connectivity index (χ4n) is 1.51. The van der Waals surface area contributed by atoms with E-state index in [4.69, 9.17) is 5.73 Å². The maximum Gasteiger partial charge on any atom is 0.123 e. The van der Waals surface area contributed by atoms with E-state index in [1.54, 1.807) is 0 Å². The minimum Gasteiger partial charge on any atom is -0.385 e. The summed E-state index contributed by atoms with van der Waals surface area (Å²) in [6.07, 6.45) is 3.73. The molecule has 1 aliphatic heterocycles. The van der Waals surface area contributed by atoms with Crippen LogP contribution < -0.4 is 5.73 Å². The van der Waals surface area contributed by atoms with E-state index in [1.807, 2.05) is 22.9 Å². The number of amidine groups is 1. The van der Waals surface area contributed by atoms with Crippen LogP contribution in [0.15, 0.2) is 3.21 Å². The molecule has 0 spiro atoms. The molecule has 0 unspecified atom stereocenters. The Kier molecular flexibility index (Phi) is 3.58. The molecule has 0 amide bonds. The highest BCUT2D eigenvalue weighted by molar-refractivity contribution is 14.1. The Morgan fingerprint density at radius 3 is 2.91 bits per heavy atom. The lowest BCUT2D eigenvalue weighted by Crippen LogP contribution is -2.45. The van der Waals surface area contributed by atoms with Crippen molar-refractivity contribution in [1.29, 1.82) is 0 Å². The van der Waals surface area contributed by atoms with Gasteiger partial charge in [0.2, 0.25) is 0 Å². The molecule has 1 heterocycles. The third-order valence-electron chi connectivity index (χ3n) is 2.21. The van der Waals surface area contributed by atoms with Gasteiger partial charge in [-0.1, -0.05) is 6.42 Å².